The van der Waals surface area contributed by atoms with Gasteiger partial charge in [0.2, 0.25) is 6.23 Å². The number of methoxy groups -OCH3 is 1. The molecule has 1 aromatic rings. The fraction of sp³-hybridized carbons (Fsp3) is 0.429. The number of nitrogens with zero attached hydrogens (tertiary/aromatic N) is 2. The largest absolute Gasteiger partial charge is 0.478 e. The van der Waals surface area contributed by atoms with E-state index in [1.54, 1.807) is 0 Å². The standard InChI is InChI=1S/C7H9N3O4S/c1-3(11)4-5(10-15-9-4)8-6(14-2)7(12)13/h6H,1-2H3,(H,8,10)(H,12,13). The smallest absolute Gasteiger partial charge is 0.354 e. The van der Waals surface area contributed by atoms with Crippen LogP contribution in [0.25, 0.3) is 0 Å². The average molecular weight is 231 g/mol. The Morgan fingerprint density at radius 3 is 2.67 bits per heavy atom. The van der Waals surface area contributed by atoms with Crippen LogP contribution in [-0.4, -0.2) is 38.9 Å². The predicted octanol–water partition coefficient (Wildman–Crippen LogP) is 0.210. The SMILES string of the molecule is COC(Nc1nsnc1C(C)=O)C(=O)O. The third kappa shape index (κ3) is 2.70. The number of anilines is 1. The van der Waals surface area contributed by atoms with Crippen molar-refractivity contribution in [3.8, 4) is 0 Å². The van der Waals surface area contributed by atoms with Crippen molar-refractivity contribution in [3.05, 3.63) is 5.69 Å². The highest BCUT2D eigenvalue weighted by molar-refractivity contribution is 6.99. The highest BCUT2D eigenvalue weighted by Gasteiger charge is 2.21. The number of rotatable bonds is 5. The van der Waals surface area contributed by atoms with Crippen molar-refractivity contribution < 1.29 is 19.4 Å². The quantitative estimate of drug-likeness (QED) is 0.551. The molecule has 0 saturated heterocycles. The van der Waals surface area contributed by atoms with Crippen molar-refractivity contribution in [1.82, 2.24) is 8.75 Å². The molecule has 0 aromatic carbocycles. The second-order valence-electron chi connectivity index (χ2n) is 2.62. The first-order valence-electron chi connectivity index (χ1n) is 3.92. The Balaban J connectivity index is 2.83. The Morgan fingerprint density at radius 2 is 2.20 bits per heavy atom. The van der Waals surface area contributed by atoms with Crippen LogP contribution in [0.15, 0.2) is 0 Å². The van der Waals surface area contributed by atoms with Crippen LogP contribution in [-0.2, 0) is 9.53 Å². The molecule has 15 heavy (non-hydrogen) atoms. The van der Waals surface area contributed by atoms with Crippen molar-refractivity contribution >= 4 is 29.3 Å². The van der Waals surface area contributed by atoms with Crippen molar-refractivity contribution in [2.45, 2.75) is 13.2 Å². The van der Waals surface area contributed by atoms with E-state index in [1.165, 1.54) is 14.0 Å². The van der Waals surface area contributed by atoms with E-state index in [9.17, 15) is 9.59 Å². The topological polar surface area (TPSA) is 101 Å². The lowest BCUT2D eigenvalue weighted by atomic mass is 10.3. The minimum absolute atomic E-state index is 0.114. The molecule has 0 bridgehead atoms. The van der Waals surface area contributed by atoms with Crippen LogP contribution in [0.1, 0.15) is 17.4 Å². The molecule has 0 aliphatic carbocycles. The number of carbonyl (C=O) groups is 2. The predicted molar refractivity (Wildman–Crippen MR) is 52.0 cm³/mol. The Morgan fingerprint density at radius 1 is 1.53 bits per heavy atom. The highest BCUT2D eigenvalue weighted by atomic mass is 32.1. The minimum atomic E-state index is -1.24. The van der Waals surface area contributed by atoms with Crippen LogP contribution < -0.4 is 5.32 Å². The van der Waals surface area contributed by atoms with E-state index in [4.69, 9.17) is 5.11 Å². The lowest BCUT2D eigenvalue weighted by Gasteiger charge is -2.11. The summed E-state index contributed by atoms with van der Waals surface area (Å²) in [5.74, 6) is -1.35. The van der Waals surface area contributed by atoms with E-state index in [-0.39, 0.29) is 17.3 Å². The van der Waals surface area contributed by atoms with Crippen molar-refractivity contribution in [1.29, 1.82) is 0 Å². The van der Waals surface area contributed by atoms with E-state index >= 15 is 0 Å². The van der Waals surface area contributed by atoms with Crippen LogP contribution in [0, 0.1) is 0 Å². The summed E-state index contributed by atoms with van der Waals surface area (Å²) in [6.45, 7) is 1.32. The molecule has 0 saturated carbocycles. The molecule has 0 aliphatic rings. The number of Topliss-reactive ketones (excluding diaryl/α,β-unsaturated/α-hetero) is 1. The van der Waals surface area contributed by atoms with Crippen LogP contribution in [0.5, 0.6) is 0 Å². The molecular weight excluding hydrogens is 222 g/mol. The zero-order chi connectivity index (χ0) is 11.4. The van der Waals surface area contributed by atoms with Crippen molar-refractivity contribution in [3.63, 3.8) is 0 Å². The number of carboxylic acids is 1. The molecule has 1 heterocycles. The third-order valence-electron chi connectivity index (χ3n) is 1.55. The Hall–Kier alpha value is -1.54. The Kier molecular flexibility index (Phi) is 3.69. The molecule has 1 atom stereocenters. The zero-order valence-electron chi connectivity index (χ0n) is 8.05. The number of hydrogen-bond acceptors (Lipinski definition) is 7. The van der Waals surface area contributed by atoms with Gasteiger partial charge in [-0.05, 0) is 0 Å². The number of carbonyl (C=O) groups excluding carboxylic acids is 1. The Labute approximate surface area is 89.4 Å². The summed E-state index contributed by atoms with van der Waals surface area (Å²) in [4.78, 5) is 21.7. The molecule has 0 spiro atoms. The molecule has 7 nitrogen and oxygen atoms in total. The number of aliphatic carboxylic acids is 1. The van der Waals surface area contributed by atoms with Gasteiger partial charge in [0.1, 0.15) is 0 Å². The average Bonchev–Trinajstić information content (AvgIpc) is 2.61. The fourth-order valence-electron chi connectivity index (χ4n) is 0.860. The normalized spacial score (nSPS) is 12.1. The van der Waals surface area contributed by atoms with Crippen LogP contribution in [0.3, 0.4) is 0 Å². The summed E-state index contributed by atoms with van der Waals surface area (Å²) in [6, 6.07) is 0. The number of carboxylic acid groups (broad SMARTS) is 1. The van der Waals surface area contributed by atoms with E-state index in [0.717, 1.165) is 11.7 Å². The second kappa shape index (κ2) is 4.80. The molecular formula is C7H9N3O4S. The van der Waals surface area contributed by atoms with E-state index < -0.39 is 12.2 Å². The first kappa shape index (κ1) is 11.5. The van der Waals surface area contributed by atoms with Crippen molar-refractivity contribution in [2.75, 3.05) is 12.4 Å². The Bertz CT molecular complexity index is 378. The maximum absolute atomic E-state index is 11.0. The van der Waals surface area contributed by atoms with Gasteiger partial charge in [-0.1, -0.05) is 0 Å². The summed E-state index contributed by atoms with van der Waals surface area (Å²) in [7, 11) is 1.24. The van der Waals surface area contributed by atoms with Crippen molar-refractivity contribution in [2.24, 2.45) is 0 Å². The van der Waals surface area contributed by atoms with Gasteiger partial charge >= 0.3 is 5.97 Å². The summed E-state index contributed by atoms with van der Waals surface area (Å²) < 4.78 is 12.1. The van der Waals surface area contributed by atoms with Crippen LogP contribution >= 0.6 is 11.7 Å². The van der Waals surface area contributed by atoms with E-state index in [1.807, 2.05) is 0 Å². The molecule has 0 aliphatic heterocycles. The summed E-state index contributed by atoms with van der Waals surface area (Å²) in [6.07, 6.45) is -1.24. The molecule has 0 radical (unpaired) electrons. The van der Waals surface area contributed by atoms with Gasteiger partial charge in [0, 0.05) is 14.0 Å². The summed E-state index contributed by atoms with van der Waals surface area (Å²) in [5, 5.41) is 11.1. The first-order valence-corrected chi connectivity index (χ1v) is 4.65. The number of ketones is 1. The maximum Gasteiger partial charge on any atom is 0.354 e. The van der Waals surface area contributed by atoms with E-state index in [2.05, 4.69) is 18.8 Å². The summed E-state index contributed by atoms with van der Waals surface area (Å²) in [5.41, 5.74) is 0.114. The number of aromatic nitrogens is 2. The van der Waals surface area contributed by atoms with E-state index in [0.29, 0.717) is 0 Å². The van der Waals surface area contributed by atoms with Crippen LogP contribution in [0.4, 0.5) is 5.82 Å². The van der Waals surface area contributed by atoms with Gasteiger partial charge in [0.05, 0.1) is 11.7 Å². The second-order valence-corrected chi connectivity index (χ2v) is 3.14. The summed E-state index contributed by atoms with van der Waals surface area (Å²) >= 11 is 0.827. The van der Waals surface area contributed by atoms with Gasteiger partial charge in [0.25, 0.3) is 0 Å². The van der Waals surface area contributed by atoms with Gasteiger partial charge in [-0.15, -0.1) is 0 Å². The minimum Gasteiger partial charge on any atom is -0.478 e. The highest BCUT2D eigenvalue weighted by Crippen LogP contribution is 2.14. The molecule has 0 amide bonds. The number of ether oxygens (including phenoxy) is 1. The number of hydrogen-bond donors (Lipinski definition) is 2. The lowest BCUT2D eigenvalue weighted by Crippen LogP contribution is -2.31. The molecule has 8 heteroatoms. The van der Waals surface area contributed by atoms with Gasteiger partial charge in [0.15, 0.2) is 17.3 Å². The lowest BCUT2D eigenvalue weighted by molar-refractivity contribution is -0.146. The van der Waals surface area contributed by atoms with Gasteiger partial charge in [-0.3, -0.25) is 4.79 Å². The fourth-order valence-corrected chi connectivity index (χ4v) is 1.42. The molecule has 1 aromatic heterocycles. The molecule has 1 rings (SSSR count). The molecule has 82 valence electrons. The maximum atomic E-state index is 11.0. The monoisotopic (exact) mass is 231 g/mol. The van der Waals surface area contributed by atoms with Gasteiger partial charge in [-0.25, -0.2) is 4.79 Å². The molecule has 1 unspecified atom stereocenters. The van der Waals surface area contributed by atoms with Gasteiger partial charge < -0.3 is 15.2 Å². The third-order valence-corrected chi connectivity index (χ3v) is 2.08. The van der Waals surface area contributed by atoms with Gasteiger partial charge in [-0.2, -0.15) is 8.75 Å². The first-order chi connectivity index (χ1) is 7.06. The van der Waals surface area contributed by atoms with Crippen LogP contribution in [0.2, 0.25) is 0 Å². The molecule has 0 fully saturated rings. The zero-order valence-corrected chi connectivity index (χ0v) is 8.87. The number of nitrogens with one attached hydrogen (secondary N) is 1. The molecule has 2 N–H and O–H groups in total.